The highest BCUT2D eigenvalue weighted by molar-refractivity contribution is 8.02. The molecular weight excluding hydrogens is 490 g/mol. The molecule has 8 nitrogen and oxygen atoms in total. The van der Waals surface area contributed by atoms with E-state index in [2.05, 4.69) is 31.0 Å². The summed E-state index contributed by atoms with van der Waals surface area (Å²) in [6.45, 7) is 10.7. The zero-order chi connectivity index (χ0) is 26.7. The van der Waals surface area contributed by atoms with E-state index in [1.807, 2.05) is 24.3 Å². The van der Waals surface area contributed by atoms with Gasteiger partial charge in [0.05, 0.1) is 23.2 Å². The third-order valence-corrected chi connectivity index (χ3v) is 10.4. The van der Waals surface area contributed by atoms with Gasteiger partial charge in [-0.15, -0.1) is 11.8 Å². The molecule has 0 saturated carbocycles. The summed E-state index contributed by atoms with van der Waals surface area (Å²) in [7, 11) is 0. The lowest BCUT2D eigenvalue weighted by atomic mass is 9.66. The number of nitrogens with zero attached hydrogens (tertiary/aromatic N) is 2. The topological polar surface area (TPSA) is 99.2 Å². The van der Waals surface area contributed by atoms with Gasteiger partial charge >= 0.3 is 5.97 Å². The van der Waals surface area contributed by atoms with E-state index in [1.165, 1.54) is 0 Å². The van der Waals surface area contributed by atoms with Crippen LogP contribution >= 0.6 is 11.8 Å². The number of esters is 1. The summed E-state index contributed by atoms with van der Waals surface area (Å²) in [5.41, 5.74) is 1.79. The summed E-state index contributed by atoms with van der Waals surface area (Å²) in [6.07, 6.45) is 2.92. The van der Waals surface area contributed by atoms with Gasteiger partial charge in [-0.1, -0.05) is 6.92 Å². The van der Waals surface area contributed by atoms with Crippen LogP contribution in [0.4, 0.5) is 11.4 Å². The predicted octanol–water partition coefficient (Wildman–Crippen LogP) is 3.53. The van der Waals surface area contributed by atoms with Crippen molar-refractivity contribution in [2.45, 2.75) is 69.4 Å². The van der Waals surface area contributed by atoms with Crippen LogP contribution in [0.1, 0.15) is 53.4 Å². The van der Waals surface area contributed by atoms with E-state index < -0.39 is 22.6 Å². The molecule has 0 aliphatic carbocycles. The Labute approximate surface area is 224 Å². The van der Waals surface area contributed by atoms with Gasteiger partial charge < -0.3 is 25.0 Å². The molecule has 2 amide bonds. The fraction of sp³-hybridized carbons (Fsp3) is 0.679. The van der Waals surface area contributed by atoms with Gasteiger partial charge in [0.25, 0.3) is 0 Å². The smallest absolute Gasteiger partial charge is 0.310 e. The first kappa shape index (κ1) is 27.8. The number of anilines is 2. The molecule has 2 N–H and O–H groups in total. The number of rotatable bonds is 12. The summed E-state index contributed by atoms with van der Waals surface area (Å²) in [5, 5.41) is 12.3. The van der Waals surface area contributed by atoms with Gasteiger partial charge in [-0.2, -0.15) is 0 Å². The summed E-state index contributed by atoms with van der Waals surface area (Å²) in [5.74, 6) is -1.58. The van der Waals surface area contributed by atoms with Crippen LogP contribution in [-0.4, -0.2) is 76.7 Å². The van der Waals surface area contributed by atoms with E-state index in [9.17, 15) is 19.5 Å². The molecule has 1 aromatic carbocycles. The number of thioether (sulfide) groups is 1. The first-order valence-corrected chi connectivity index (χ1v) is 14.6. The average molecular weight is 532 g/mol. The average Bonchev–Trinajstić information content (AvgIpc) is 3.47. The number of aliphatic hydroxyl groups is 1. The number of unbranched alkanes of at least 4 members (excludes halogenated alkanes) is 2. The molecule has 3 aliphatic heterocycles. The molecule has 0 radical (unpaired) electrons. The van der Waals surface area contributed by atoms with E-state index in [-0.39, 0.29) is 42.2 Å². The Morgan fingerprint density at radius 2 is 1.86 bits per heavy atom. The molecule has 3 unspecified atom stereocenters. The van der Waals surface area contributed by atoms with Crippen molar-refractivity contribution in [3.8, 4) is 0 Å². The number of likely N-dealkylation sites (tertiary alicyclic amines) is 1. The minimum absolute atomic E-state index is 0.0109. The Morgan fingerprint density at radius 1 is 1.16 bits per heavy atom. The fourth-order valence-electron chi connectivity index (χ4n) is 6.69. The highest BCUT2D eigenvalue weighted by Gasteiger charge is 2.76. The first-order chi connectivity index (χ1) is 17.8. The Kier molecular flexibility index (Phi) is 8.74. The zero-order valence-electron chi connectivity index (χ0n) is 22.4. The molecule has 9 heteroatoms. The Bertz CT molecular complexity index is 985. The molecule has 37 heavy (non-hydrogen) atoms. The molecule has 204 valence electrons. The summed E-state index contributed by atoms with van der Waals surface area (Å²) in [4.78, 5) is 44.9. The number of hydrogen-bond acceptors (Lipinski definition) is 7. The molecule has 1 aromatic rings. The number of amides is 2. The van der Waals surface area contributed by atoms with E-state index in [4.69, 9.17) is 4.74 Å². The number of hydrogen-bond donors (Lipinski definition) is 2. The second-order valence-corrected chi connectivity index (χ2v) is 11.9. The van der Waals surface area contributed by atoms with Crippen molar-refractivity contribution < 1.29 is 24.2 Å². The molecule has 3 fully saturated rings. The van der Waals surface area contributed by atoms with Gasteiger partial charge in [-0.05, 0) is 76.6 Å². The molecule has 3 saturated heterocycles. The van der Waals surface area contributed by atoms with Crippen molar-refractivity contribution in [3.05, 3.63) is 24.3 Å². The van der Waals surface area contributed by atoms with E-state index in [0.717, 1.165) is 31.6 Å². The van der Waals surface area contributed by atoms with Crippen LogP contribution in [0, 0.1) is 17.8 Å². The summed E-state index contributed by atoms with van der Waals surface area (Å²) in [6, 6.07) is 7.17. The van der Waals surface area contributed by atoms with Crippen molar-refractivity contribution in [1.29, 1.82) is 0 Å². The standard InChI is InChI=1S/C28H41N3O5S/c1-5-30(6-2)20-13-11-19(12-14-20)29-25(33)24-28-18(4)17-21(37-28)22(27(35)36-7-3)23(28)26(34)31(24)15-9-8-10-16-32/h11-14,18,21-24,32H,5-10,15-17H2,1-4H3,(H,29,33)/t18?,21-,22+,23-,24?,28?/m0/s1. The van der Waals surface area contributed by atoms with Gasteiger partial charge in [0.1, 0.15) is 6.04 Å². The van der Waals surface area contributed by atoms with E-state index in [0.29, 0.717) is 25.1 Å². The van der Waals surface area contributed by atoms with Gasteiger partial charge in [0.15, 0.2) is 0 Å². The van der Waals surface area contributed by atoms with Crippen LogP contribution in [0.3, 0.4) is 0 Å². The number of ether oxygens (including phenoxy) is 1. The van der Waals surface area contributed by atoms with Crippen molar-refractivity contribution in [2.24, 2.45) is 17.8 Å². The van der Waals surface area contributed by atoms with E-state index in [1.54, 1.807) is 23.6 Å². The maximum atomic E-state index is 14.0. The fourth-order valence-corrected chi connectivity index (χ4v) is 9.10. The molecule has 0 aromatic heterocycles. The third-order valence-electron chi connectivity index (χ3n) is 8.37. The van der Waals surface area contributed by atoms with Crippen molar-refractivity contribution in [1.82, 2.24) is 4.90 Å². The lowest BCUT2D eigenvalue weighted by molar-refractivity contribution is -0.154. The van der Waals surface area contributed by atoms with Gasteiger partial charge in [-0.3, -0.25) is 14.4 Å². The summed E-state index contributed by atoms with van der Waals surface area (Å²) < 4.78 is 4.75. The lowest BCUT2D eigenvalue weighted by Crippen LogP contribution is -2.54. The summed E-state index contributed by atoms with van der Waals surface area (Å²) >= 11 is 1.66. The molecule has 3 heterocycles. The minimum Gasteiger partial charge on any atom is -0.466 e. The first-order valence-electron chi connectivity index (χ1n) is 13.8. The van der Waals surface area contributed by atoms with Crippen LogP contribution in [0.15, 0.2) is 24.3 Å². The predicted molar refractivity (Wildman–Crippen MR) is 147 cm³/mol. The zero-order valence-corrected chi connectivity index (χ0v) is 23.3. The van der Waals surface area contributed by atoms with Crippen molar-refractivity contribution in [3.63, 3.8) is 0 Å². The number of carbonyl (C=O) groups is 3. The van der Waals surface area contributed by atoms with Crippen molar-refractivity contribution >= 4 is 40.9 Å². The Morgan fingerprint density at radius 3 is 2.49 bits per heavy atom. The molecule has 2 bridgehead atoms. The van der Waals surface area contributed by atoms with Crippen molar-refractivity contribution in [2.75, 3.05) is 43.1 Å². The molecular formula is C28H41N3O5S. The number of nitrogens with one attached hydrogen (secondary N) is 1. The Hall–Kier alpha value is -2.26. The quantitative estimate of drug-likeness (QED) is 0.314. The minimum atomic E-state index is -0.661. The lowest BCUT2D eigenvalue weighted by Gasteiger charge is -2.38. The largest absolute Gasteiger partial charge is 0.466 e. The normalized spacial score (nSPS) is 29.9. The number of benzene rings is 1. The van der Waals surface area contributed by atoms with Crippen LogP contribution in [0.25, 0.3) is 0 Å². The number of carbonyl (C=O) groups excluding carboxylic acids is 3. The second-order valence-electron chi connectivity index (χ2n) is 10.3. The number of aliphatic hydroxyl groups excluding tert-OH is 1. The van der Waals surface area contributed by atoms with Gasteiger partial charge in [-0.25, -0.2) is 0 Å². The van der Waals surface area contributed by atoms with Gasteiger partial charge in [0.2, 0.25) is 11.8 Å². The third kappa shape index (κ3) is 4.85. The number of fused-ring (bicyclic) bond motifs is 1. The monoisotopic (exact) mass is 531 g/mol. The van der Waals surface area contributed by atoms with Crippen LogP contribution in [0.5, 0.6) is 0 Å². The van der Waals surface area contributed by atoms with Crippen LogP contribution in [0.2, 0.25) is 0 Å². The highest BCUT2D eigenvalue weighted by Crippen LogP contribution is 2.68. The molecule has 1 spiro atoms. The van der Waals surface area contributed by atoms with Crippen LogP contribution in [-0.2, 0) is 19.1 Å². The SMILES string of the molecule is CCOC(=O)[C@@H]1[C@@H]2CC(C)C3(S2)C(C(=O)Nc2ccc(N(CC)CC)cc2)N(CCCCCO)C(=O)[C@H]13. The van der Waals surface area contributed by atoms with Crippen LogP contribution < -0.4 is 10.2 Å². The Balaban J connectivity index is 1.63. The maximum absolute atomic E-state index is 14.0. The van der Waals surface area contributed by atoms with E-state index >= 15 is 0 Å². The second kappa shape index (κ2) is 11.6. The molecule has 3 aliphatic rings. The molecule has 4 rings (SSSR count). The van der Waals surface area contributed by atoms with Gasteiger partial charge in [0, 0.05) is 42.9 Å². The molecule has 6 atom stereocenters. The highest BCUT2D eigenvalue weighted by atomic mass is 32.2. The maximum Gasteiger partial charge on any atom is 0.310 e.